The first-order valence-electron chi connectivity index (χ1n) is 10.8. The van der Waals surface area contributed by atoms with E-state index in [4.69, 9.17) is 9.40 Å². The largest absolute Gasteiger partial charge is 0.455 e. The topological polar surface area (TPSA) is 65.4 Å². The van der Waals surface area contributed by atoms with Crippen LogP contribution in [0.15, 0.2) is 40.8 Å². The number of imidazole rings is 1. The Morgan fingerprint density at radius 2 is 1.86 bits per heavy atom. The first kappa shape index (κ1) is 18.4. The first-order chi connectivity index (χ1) is 14.3. The predicted octanol–water partition coefficient (Wildman–Crippen LogP) is 4.51. The van der Waals surface area contributed by atoms with Gasteiger partial charge in [-0.2, -0.15) is 0 Å². The van der Waals surface area contributed by atoms with Crippen LogP contribution in [-0.2, 0) is 6.54 Å². The molecule has 2 fully saturated rings. The van der Waals surface area contributed by atoms with Gasteiger partial charge in [0.25, 0.3) is 5.91 Å². The summed E-state index contributed by atoms with van der Waals surface area (Å²) in [6.07, 6.45) is 6.86. The Bertz CT molecular complexity index is 953. The minimum Gasteiger partial charge on any atom is -0.455 e. The lowest BCUT2D eigenvalue weighted by Crippen LogP contribution is -2.38. The second kappa shape index (κ2) is 8.03. The zero-order valence-electron chi connectivity index (χ0n) is 16.8. The van der Waals surface area contributed by atoms with E-state index < -0.39 is 0 Å². The Kier molecular flexibility index (Phi) is 5.10. The van der Waals surface area contributed by atoms with Gasteiger partial charge in [0.05, 0.1) is 23.6 Å². The number of piperidine rings is 2. The average molecular weight is 393 g/mol. The minimum atomic E-state index is -0.0284. The van der Waals surface area contributed by atoms with Crippen molar-refractivity contribution in [2.75, 3.05) is 19.6 Å². The molecule has 0 radical (unpaired) electrons. The number of para-hydroxylation sites is 2. The van der Waals surface area contributed by atoms with Crippen molar-refractivity contribution in [1.82, 2.24) is 19.8 Å². The third-order valence-electron chi connectivity index (χ3n) is 6.19. The van der Waals surface area contributed by atoms with Crippen LogP contribution in [0.25, 0.3) is 11.0 Å². The van der Waals surface area contributed by atoms with Crippen molar-refractivity contribution in [3.8, 4) is 0 Å². The van der Waals surface area contributed by atoms with Crippen LogP contribution in [0.4, 0.5) is 0 Å². The molecule has 1 amide bonds. The van der Waals surface area contributed by atoms with Crippen molar-refractivity contribution in [3.05, 3.63) is 53.7 Å². The molecule has 1 N–H and O–H groups in total. The van der Waals surface area contributed by atoms with Gasteiger partial charge in [0, 0.05) is 6.54 Å². The van der Waals surface area contributed by atoms with E-state index in [9.17, 15) is 4.79 Å². The van der Waals surface area contributed by atoms with Crippen LogP contribution in [0.5, 0.6) is 0 Å². The fourth-order valence-corrected chi connectivity index (χ4v) is 4.65. The maximum Gasteiger partial charge on any atom is 0.290 e. The molecule has 2 saturated heterocycles. The molecule has 4 heterocycles. The molecule has 1 atom stereocenters. The molecule has 152 valence electrons. The third-order valence-corrected chi connectivity index (χ3v) is 6.19. The van der Waals surface area contributed by atoms with Crippen molar-refractivity contribution >= 4 is 16.9 Å². The molecule has 6 nitrogen and oxygen atoms in total. The van der Waals surface area contributed by atoms with Gasteiger partial charge in [-0.05, 0) is 69.5 Å². The molecule has 2 aromatic heterocycles. The quantitative estimate of drug-likeness (QED) is 0.709. The summed E-state index contributed by atoms with van der Waals surface area (Å²) in [5, 5.41) is 0. The second-order valence-electron chi connectivity index (χ2n) is 8.25. The molecule has 5 rings (SSSR count). The van der Waals surface area contributed by atoms with Crippen molar-refractivity contribution in [3.63, 3.8) is 0 Å². The lowest BCUT2D eigenvalue weighted by atomic mass is 10.0. The zero-order chi connectivity index (χ0) is 19.6. The van der Waals surface area contributed by atoms with E-state index in [1.165, 1.54) is 19.3 Å². The van der Waals surface area contributed by atoms with Crippen LogP contribution in [0.1, 0.15) is 66.7 Å². The number of aromatic amines is 1. The number of benzene rings is 1. The molecule has 0 saturated carbocycles. The van der Waals surface area contributed by atoms with Gasteiger partial charge in [0.15, 0.2) is 5.76 Å². The summed E-state index contributed by atoms with van der Waals surface area (Å²) in [6, 6.07) is 11.8. The van der Waals surface area contributed by atoms with E-state index in [2.05, 4.69) is 9.88 Å². The number of nitrogens with zero attached hydrogens (tertiary/aromatic N) is 3. The summed E-state index contributed by atoms with van der Waals surface area (Å²) in [5.41, 5.74) is 1.96. The molecular weight excluding hydrogens is 364 g/mol. The highest BCUT2D eigenvalue weighted by atomic mass is 16.4. The number of amides is 1. The van der Waals surface area contributed by atoms with Crippen molar-refractivity contribution in [2.45, 2.75) is 51.1 Å². The summed E-state index contributed by atoms with van der Waals surface area (Å²) in [4.78, 5) is 25.8. The van der Waals surface area contributed by atoms with E-state index in [-0.39, 0.29) is 11.9 Å². The number of fused-ring (bicyclic) bond motifs is 1. The second-order valence-corrected chi connectivity index (χ2v) is 8.25. The maximum absolute atomic E-state index is 13.3. The highest BCUT2D eigenvalue weighted by molar-refractivity contribution is 5.92. The van der Waals surface area contributed by atoms with Gasteiger partial charge in [-0.1, -0.05) is 18.6 Å². The van der Waals surface area contributed by atoms with Gasteiger partial charge in [0.1, 0.15) is 11.6 Å². The summed E-state index contributed by atoms with van der Waals surface area (Å²) >= 11 is 0. The van der Waals surface area contributed by atoms with Gasteiger partial charge in [0.2, 0.25) is 0 Å². The van der Waals surface area contributed by atoms with Gasteiger partial charge >= 0.3 is 0 Å². The standard InChI is InChI=1S/C23H28N4O2/c28-23(21-12-11-17(29-21)16-26-13-5-1-6-14-26)27-15-7-4-10-20(27)22-24-18-8-2-3-9-19(18)25-22/h2-3,8-9,11-12,20H,1,4-7,10,13-16H2,(H,24,25)/t20-/m1/s1. The molecule has 6 heteroatoms. The fourth-order valence-electron chi connectivity index (χ4n) is 4.65. The number of carbonyl (C=O) groups is 1. The minimum absolute atomic E-state index is 0.0277. The van der Waals surface area contributed by atoms with Crippen molar-refractivity contribution < 1.29 is 9.21 Å². The Balaban J connectivity index is 1.34. The first-order valence-corrected chi connectivity index (χ1v) is 10.8. The van der Waals surface area contributed by atoms with Crippen LogP contribution < -0.4 is 0 Å². The summed E-state index contributed by atoms with van der Waals surface area (Å²) in [5.74, 6) is 2.17. The molecule has 0 spiro atoms. The Labute approximate surface area is 170 Å². The number of furan rings is 1. The fraction of sp³-hybridized carbons (Fsp3) is 0.478. The lowest BCUT2D eigenvalue weighted by molar-refractivity contribution is 0.0565. The van der Waals surface area contributed by atoms with Gasteiger partial charge < -0.3 is 14.3 Å². The molecule has 29 heavy (non-hydrogen) atoms. The van der Waals surface area contributed by atoms with Crippen LogP contribution >= 0.6 is 0 Å². The van der Waals surface area contributed by atoms with E-state index in [0.29, 0.717) is 5.76 Å². The summed E-state index contributed by atoms with van der Waals surface area (Å²) in [6.45, 7) is 3.76. The highest BCUT2D eigenvalue weighted by Gasteiger charge is 2.32. The van der Waals surface area contributed by atoms with E-state index in [0.717, 1.165) is 68.1 Å². The van der Waals surface area contributed by atoms with Crippen molar-refractivity contribution in [1.29, 1.82) is 0 Å². The highest BCUT2D eigenvalue weighted by Crippen LogP contribution is 2.32. The molecule has 2 aliphatic rings. The predicted molar refractivity (Wildman–Crippen MR) is 112 cm³/mol. The summed E-state index contributed by atoms with van der Waals surface area (Å²) in [7, 11) is 0. The monoisotopic (exact) mass is 392 g/mol. The SMILES string of the molecule is O=C(c1ccc(CN2CCCCC2)o1)N1CCCC[C@@H]1c1nc2ccccc2[nH]1. The van der Waals surface area contributed by atoms with Gasteiger partial charge in [-0.15, -0.1) is 0 Å². The van der Waals surface area contributed by atoms with E-state index >= 15 is 0 Å². The third kappa shape index (κ3) is 3.81. The van der Waals surface area contributed by atoms with Gasteiger partial charge in [-0.3, -0.25) is 9.69 Å². The number of carbonyl (C=O) groups excluding carboxylic acids is 1. The molecule has 1 aromatic carbocycles. The lowest BCUT2D eigenvalue weighted by Gasteiger charge is -2.34. The molecule has 3 aromatic rings. The molecule has 0 unspecified atom stereocenters. The van der Waals surface area contributed by atoms with Crippen LogP contribution in [-0.4, -0.2) is 45.3 Å². The number of hydrogen-bond donors (Lipinski definition) is 1. The Morgan fingerprint density at radius 3 is 2.72 bits per heavy atom. The number of aromatic nitrogens is 2. The normalized spacial score (nSPS) is 21.0. The number of likely N-dealkylation sites (tertiary alicyclic amines) is 2. The Hall–Kier alpha value is -2.60. The van der Waals surface area contributed by atoms with Crippen LogP contribution in [0, 0.1) is 0 Å². The molecule has 0 bridgehead atoms. The maximum atomic E-state index is 13.3. The van der Waals surface area contributed by atoms with E-state index in [1.54, 1.807) is 0 Å². The zero-order valence-corrected chi connectivity index (χ0v) is 16.8. The Morgan fingerprint density at radius 1 is 1.03 bits per heavy atom. The number of hydrogen-bond acceptors (Lipinski definition) is 4. The van der Waals surface area contributed by atoms with E-state index in [1.807, 2.05) is 41.3 Å². The van der Waals surface area contributed by atoms with Crippen molar-refractivity contribution in [2.24, 2.45) is 0 Å². The number of rotatable bonds is 4. The smallest absolute Gasteiger partial charge is 0.290 e. The number of nitrogens with one attached hydrogen (secondary N) is 1. The van der Waals surface area contributed by atoms with Gasteiger partial charge in [-0.25, -0.2) is 4.98 Å². The molecule has 0 aliphatic carbocycles. The van der Waals surface area contributed by atoms with Crippen LogP contribution in [0.3, 0.4) is 0 Å². The molecular formula is C23H28N4O2. The van der Waals surface area contributed by atoms with Crippen LogP contribution in [0.2, 0.25) is 0 Å². The summed E-state index contributed by atoms with van der Waals surface area (Å²) < 4.78 is 5.98. The number of H-pyrrole nitrogens is 1. The average Bonchev–Trinajstić information content (AvgIpc) is 3.41. The molecule has 2 aliphatic heterocycles.